The molecule has 0 atom stereocenters. The Kier molecular flexibility index (Phi) is 4.63. The molecule has 3 N–H and O–H groups in total. The molecule has 1 aromatic carbocycles. The number of benzene rings is 1. The number of nitrogens with two attached hydrogens (primary N) is 1. The molecule has 21 heavy (non-hydrogen) atoms. The number of hydrogen-bond donors (Lipinski definition) is 2. The van der Waals surface area contributed by atoms with Crippen LogP contribution in [-0.2, 0) is 10.0 Å². The van der Waals surface area contributed by atoms with Gasteiger partial charge in [-0.3, -0.25) is 4.72 Å². The van der Waals surface area contributed by atoms with Gasteiger partial charge in [-0.1, -0.05) is 29.2 Å². The summed E-state index contributed by atoms with van der Waals surface area (Å²) in [7, 11) is -3.63. The van der Waals surface area contributed by atoms with Crippen molar-refractivity contribution < 1.29 is 8.42 Å². The maximum absolute atomic E-state index is 12.3. The number of aryl methyl sites for hydroxylation is 2. The van der Waals surface area contributed by atoms with E-state index in [1.807, 2.05) is 13.8 Å². The van der Waals surface area contributed by atoms with E-state index in [9.17, 15) is 8.42 Å². The van der Waals surface area contributed by atoms with Crippen LogP contribution in [0, 0.1) is 25.7 Å². The third-order valence-corrected chi connectivity index (χ3v) is 5.12. The van der Waals surface area contributed by atoms with Gasteiger partial charge in [0, 0.05) is 0 Å². The minimum atomic E-state index is -3.63. The smallest absolute Gasteiger partial charge is 0.263 e. The van der Waals surface area contributed by atoms with E-state index in [2.05, 4.69) is 21.5 Å². The van der Waals surface area contributed by atoms with Crippen LogP contribution in [0.4, 0.5) is 5.13 Å². The molecule has 0 aliphatic rings. The van der Waals surface area contributed by atoms with Crippen LogP contribution in [0.1, 0.15) is 16.0 Å². The van der Waals surface area contributed by atoms with Gasteiger partial charge in [0.25, 0.3) is 10.0 Å². The van der Waals surface area contributed by atoms with Gasteiger partial charge in [-0.15, -0.1) is 0 Å². The number of anilines is 1. The topological polar surface area (TPSA) is 85.1 Å². The van der Waals surface area contributed by atoms with Crippen molar-refractivity contribution in [1.29, 1.82) is 0 Å². The lowest BCUT2D eigenvalue weighted by Gasteiger charge is -2.07. The van der Waals surface area contributed by atoms with Crippen molar-refractivity contribution in [3.8, 4) is 11.8 Å². The van der Waals surface area contributed by atoms with Gasteiger partial charge in [0.15, 0.2) is 5.13 Å². The van der Waals surface area contributed by atoms with Gasteiger partial charge < -0.3 is 5.73 Å². The first-order chi connectivity index (χ1) is 9.92. The monoisotopic (exact) mass is 321 g/mol. The first-order valence-electron chi connectivity index (χ1n) is 6.17. The number of rotatable bonds is 3. The van der Waals surface area contributed by atoms with Crippen LogP contribution in [0.15, 0.2) is 29.3 Å². The Bertz CT molecular complexity index is 814. The Morgan fingerprint density at radius 2 is 2.10 bits per heavy atom. The molecule has 1 heterocycles. The molecule has 7 heteroatoms. The van der Waals surface area contributed by atoms with E-state index < -0.39 is 10.0 Å². The molecule has 0 fully saturated rings. The van der Waals surface area contributed by atoms with Crippen molar-refractivity contribution in [2.45, 2.75) is 18.7 Å². The maximum Gasteiger partial charge on any atom is 0.263 e. The second-order valence-electron chi connectivity index (χ2n) is 4.39. The molecule has 2 rings (SSSR count). The van der Waals surface area contributed by atoms with Crippen LogP contribution in [-0.4, -0.2) is 19.9 Å². The third-order valence-electron chi connectivity index (χ3n) is 2.83. The average Bonchev–Trinajstić information content (AvgIpc) is 2.86. The summed E-state index contributed by atoms with van der Waals surface area (Å²) >= 11 is 1.17. The van der Waals surface area contributed by atoms with Crippen LogP contribution < -0.4 is 10.5 Å². The number of hydrogen-bond acceptors (Lipinski definition) is 5. The lowest BCUT2D eigenvalue weighted by molar-refractivity contribution is 0.601. The highest BCUT2D eigenvalue weighted by molar-refractivity contribution is 7.93. The molecule has 2 aromatic rings. The van der Waals surface area contributed by atoms with Crippen LogP contribution >= 0.6 is 11.3 Å². The Hall–Kier alpha value is -1.88. The normalized spacial score (nSPS) is 10.8. The molecule has 0 spiro atoms. The molecular weight excluding hydrogens is 306 g/mol. The van der Waals surface area contributed by atoms with Gasteiger partial charge >= 0.3 is 0 Å². The summed E-state index contributed by atoms with van der Waals surface area (Å²) in [5.41, 5.74) is 7.25. The molecule has 0 aliphatic heterocycles. The van der Waals surface area contributed by atoms with E-state index in [1.165, 1.54) is 17.5 Å². The molecule has 0 bridgehead atoms. The molecular formula is C14H15N3O2S2. The second kappa shape index (κ2) is 6.26. The number of sulfonamides is 1. The molecule has 0 saturated heterocycles. The third kappa shape index (κ3) is 3.82. The highest BCUT2D eigenvalue weighted by atomic mass is 32.2. The summed E-state index contributed by atoms with van der Waals surface area (Å²) < 4.78 is 27.0. The largest absolute Gasteiger partial charge is 0.320 e. The number of aromatic nitrogens is 1. The Morgan fingerprint density at radius 1 is 1.33 bits per heavy atom. The van der Waals surface area contributed by atoms with Crippen molar-refractivity contribution in [3.05, 3.63) is 40.4 Å². The van der Waals surface area contributed by atoms with Gasteiger partial charge in [0.05, 0.1) is 22.5 Å². The van der Waals surface area contributed by atoms with Crippen molar-refractivity contribution in [2.75, 3.05) is 11.3 Å². The molecule has 0 saturated carbocycles. The molecule has 110 valence electrons. The first-order valence-corrected chi connectivity index (χ1v) is 8.47. The zero-order chi connectivity index (χ0) is 15.5. The van der Waals surface area contributed by atoms with Gasteiger partial charge in [0.2, 0.25) is 0 Å². The minimum absolute atomic E-state index is 0.218. The van der Waals surface area contributed by atoms with Crippen molar-refractivity contribution in [1.82, 2.24) is 4.98 Å². The van der Waals surface area contributed by atoms with E-state index in [-0.39, 0.29) is 16.6 Å². The molecule has 5 nitrogen and oxygen atoms in total. The molecule has 0 amide bonds. The summed E-state index contributed by atoms with van der Waals surface area (Å²) in [6, 6.07) is 5.00. The zero-order valence-electron chi connectivity index (χ0n) is 11.7. The lowest BCUT2D eigenvalue weighted by atomic mass is 10.1. The first kappa shape index (κ1) is 15.5. The number of thiazole rings is 1. The van der Waals surface area contributed by atoms with Gasteiger partial charge in [-0.05, 0) is 37.1 Å². The molecule has 0 radical (unpaired) electrons. The maximum atomic E-state index is 12.3. The highest BCUT2D eigenvalue weighted by Gasteiger charge is 2.16. The predicted molar refractivity (Wildman–Crippen MR) is 84.8 cm³/mol. The van der Waals surface area contributed by atoms with Crippen molar-refractivity contribution in [2.24, 2.45) is 5.73 Å². The van der Waals surface area contributed by atoms with E-state index in [0.29, 0.717) is 4.88 Å². The summed E-state index contributed by atoms with van der Waals surface area (Å²) in [5, 5.41) is 0.287. The fraction of sp³-hybridized carbons (Fsp3) is 0.214. The Morgan fingerprint density at radius 3 is 2.76 bits per heavy atom. The molecule has 0 unspecified atom stereocenters. The SMILES string of the molecule is Cc1ccc(S(=O)(=O)Nc2ncc(C#CCN)s2)cc1C. The average molecular weight is 321 g/mol. The van der Waals surface area contributed by atoms with Gasteiger partial charge in [-0.2, -0.15) is 0 Å². The Balaban J connectivity index is 2.24. The summed E-state index contributed by atoms with van der Waals surface area (Å²) in [6.07, 6.45) is 1.52. The van der Waals surface area contributed by atoms with E-state index in [4.69, 9.17) is 5.73 Å². The number of nitrogens with one attached hydrogen (secondary N) is 1. The lowest BCUT2D eigenvalue weighted by Crippen LogP contribution is -2.13. The van der Waals surface area contributed by atoms with E-state index in [1.54, 1.807) is 18.2 Å². The fourth-order valence-corrected chi connectivity index (χ4v) is 3.59. The second-order valence-corrected chi connectivity index (χ2v) is 7.10. The van der Waals surface area contributed by atoms with E-state index >= 15 is 0 Å². The van der Waals surface area contributed by atoms with Crippen LogP contribution in [0.3, 0.4) is 0 Å². The van der Waals surface area contributed by atoms with Crippen LogP contribution in [0.25, 0.3) is 0 Å². The standard InChI is InChI=1S/C14H15N3O2S2/c1-10-5-6-13(8-11(10)2)21(18,19)17-14-16-9-12(20-14)4-3-7-15/h5-6,8-9H,7,15H2,1-2H3,(H,16,17). The van der Waals surface area contributed by atoms with Crippen molar-refractivity contribution >= 4 is 26.5 Å². The molecule has 1 aromatic heterocycles. The molecule has 0 aliphatic carbocycles. The summed E-state index contributed by atoms with van der Waals surface area (Å²) in [4.78, 5) is 4.89. The highest BCUT2D eigenvalue weighted by Crippen LogP contribution is 2.22. The van der Waals surface area contributed by atoms with Gasteiger partial charge in [-0.25, -0.2) is 13.4 Å². The quantitative estimate of drug-likeness (QED) is 0.845. The Labute approximate surface area is 128 Å². The van der Waals surface area contributed by atoms with Crippen LogP contribution in [0.5, 0.6) is 0 Å². The fourth-order valence-electron chi connectivity index (χ4n) is 1.57. The van der Waals surface area contributed by atoms with Gasteiger partial charge in [0.1, 0.15) is 0 Å². The van der Waals surface area contributed by atoms with Crippen LogP contribution in [0.2, 0.25) is 0 Å². The van der Waals surface area contributed by atoms with Crippen molar-refractivity contribution in [3.63, 3.8) is 0 Å². The van der Waals surface area contributed by atoms with E-state index in [0.717, 1.165) is 11.1 Å². The summed E-state index contributed by atoms with van der Waals surface area (Å²) in [6.45, 7) is 4.06. The minimum Gasteiger partial charge on any atom is -0.320 e. The zero-order valence-corrected chi connectivity index (χ0v) is 13.3. The summed E-state index contributed by atoms with van der Waals surface area (Å²) in [5.74, 6) is 5.51. The number of nitrogens with zero attached hydrogens (tertiary/aromatic N) is 1. The predicted octanol–water partition coefficient (Wildman–Crippen LogP) is 1.87.